The standard InChI is InChI=1S/C62H69BN2O/c1-57(2,3)40-20-24-42(25-21-40)64-50-36-47-46(60(9,10)29-30-61(47,11)12)35-49(50)63-54-51(64)32-39(38-18-16-15-17-19-38)33-52(54)65(43-26-22-41(23-27-43)58(4,5)6)55-44-34-45-48(37-53(44)66-56(55)63)62(13,14)31-28-59(45,7)8/h15-27,32-37H,28-31H2,1-14H3. The Morgan fingerprint density at radius 2 is 0.924 bits per heavy atom. The zero-order valence-corrected chi connectivity index (χ0v) is 42.2. The third-order valence-electron chi connectivity index (χ3n) is 16.7. The van der Waals surface area contributed by atoms with Crippen LogP contribution >= 0.6 is 0 Å². The molecule has 1 aromatic heterocycles. The Morgan fingerprint density at radius 1 is 0.470 bits per heavy atom. The quantitative estimate of drug-likeness (QED) is 0.165. The first-order chi connectivity index (χ1) is 30.9. The average molecular weight is 869 g/mol. The highest BCUT2D eigenvalue weighted by molar-refractivity contribution is 7.00. The fraction of sp³-hybridized carbons (Fsp3) is 0.387. The van der Waals surface area contributed by atoms with Crippen LogP contribution in [0, 0.1) is 0 Å². The lowest BCUT2D eigenvalue weighted by atomic mass is 9.35. The van der Waals surface area contributed by atoms with Gasteiger partial charge in [-0.25, -0.2) is 0 Å². The molecule has 7 aromatic rings. The molecule has 336 valence electrons. The topological polar surface area (TPSA) is 19.6 Å². The van der Waals surface area contributed by atoms with Crippen LogP contribution in [-0.4, -0.2) is 6.71 Å². The maximum Gasteiger partial charge on any atom is 0.297 e. The monoisotopic (exact) mass is 869 g/mol. The molecule has 0 bridgehead atoms. The first-order valence-corrected chi connectivity index (χ1v) is 24.8. The molecule has 2 aliphatic heterocycles. The molecule has 0 saturated heterocycles. The van der Waals surface area contributed by atoms with Gasteiger partial charge < -0.3 is 14.2 Å². The maximum atomic E-state index is 7.64. The van der Waals surface area contributed by atoms with E-state index < -0.39 is 0 Å². The Labute approximate surface area is 395 Å². The summed E-state index contributed by atoms with van der Waals surface area (Å²) >= 11 is 0. The third-order valence-corrected chi connectivity index (χ3v) is 16.7. The van der Waals surface area contributed by atoms with Gasteiger partial charge in [0.05, 0.1) is 11.3 Å². The summed E-state index contributed by atoms with van der Waals surface area (Å²) in [4.78, 5) is 5.19. The van der Waals surface area contributed by atoms with Gasteiger partial charge in [-0.15, -0.1) is 0 Å². The summed E-state index contributed by atoms with van der Waals surface area (Å²) in [5.74, 6) is 0. The molecule has 6 aromatic carbocycles. The van der Waals surface area contributed by atoms with E-state index in [2.05, 4.69) is 222 Å². The predicted octanol–water partition coefficient (Wildman–Crippen LogP) is 15.5. The molecule has 0 radical (unpaired) electrons. The lowest BCUT2D eigenvalue weighted by molar-refractivity contribution is 0.332. The Bertz CT molecular complexity index is 3090. The van der Waals surface area contributed by atoms with Crippen LogP contribution in [-0.2, 0) is 32.5 Å². The minimum Gasteiger partial charge on any atom is -0.468 e. The summed E-state index contributed by atoms with van der Waals surface area (Å²) in [6, 6.07) is 45.1. The van der Waals surface area contributed by atoms with Crippen molar-refractivity contribution in [3.8, 4) is 11.1 Å². The van der Waals surface area contributed by atoms with Crippen LogP contribution in [0.3, 0.4) is 0 Å². The number of nitrogens with zero attached hydrogens (tertiary/aromatic N) is 2. The fourth-order valence-electron chi connectivity index (χ4n) is 12.2. The number of hydrogen-bond donors (Lipinski definition) is 0. The van der Waals surface area contributed by atoms with Crippen LogP contribution in [0.1, 0.15) is 156 Å². The van der Waals surface area contributed by atoms with E-state index in [0.717, 1.165) is 42.6 Å². The van der Waals surface area contributed by atoms with Crippen molar-refractivity contribution < 1.29 is 4.42 Å². The summed E-state index contributed by atoms with van der Waals surface area (Å²) in [6.45, 7) is 33.3. The van der Waals surface area contributed by atoms with E-state index in [9.17, 15) is 0 Å². The molecule has 0 N–H and O–H groups in total. The summed E-state index contributed by atoms with van der Waals surface area (Å²) in [6.07, 6.45) is 4.62. The van der Waals surface area contributed by atoms with Crippen molar-refractivity contribution in [1.29, 1.82) is 0 Å². The van der Waals surface area contributed by atoms with Crippen LogP contribution in [0.2, 0.25) is 0 Å². The van der Waals surface area contributed by atoms with Gasteiger partial charge in [0.1, 0.15) is 5.58 Å². The van der Waals surface area contributed by atoms with E-state index in [1.165, 1.54) is 89.3 Å². The van der Waals surface area contributed by atoms with Crippen molar-refractivity contribution in [2.24, 2.45) is 0 Å². The second-order valence-corrected chi connectivity index (χ2v) is 25.2. The normalized spacial score (nSPS) is 18.6. The van der Waals surface area contributed by atoms with E-state index in [4.69, 9.17) is 4.42 Å². The summed E-state index contributed by atoms with van der Waals surface area (Å²) in [7, 11) is 0. The molecule has 3 heterocycles. The molecule has 4 aliphatic rings. The van der Waals surface area contributed by atoms with Crippen LogP contribution in [0.4, 0.5) is 34.1 Å². The van der Waals surface area contributed by atoms with E-state index >= 15 is 0 Å². The lowest BCUT2D eigenvalue weighted by Gasteiger charge is -2.46. The average Bonchev–Trinajstić information content (AvgIpc) is 3.64. The SMILES string of the molecule is CC(C)(C)c1ccc(N2c3cc4c(cc3B3c5oc6cc7c(cc6c5N(c5ccc(C(C)(C)C)cc5)c5cc(-c6ccccc6)cc2c53)C(C)(C)CCC7(C)C)C(C)(C)CCC4(C)C)cc1. The van der Waals surface area contributed by atoms with Gasteiger partial charge >= 0.3 is 0 Å². The zero-order valence-electron chi connectivity index (χ0n) is 42.2. The molecule has 4 heteroatoms. The second kappa shape index (κ2) is 14.0. The Morgan fingerprint density at radius 3 is 1.44 bits per heavy atom. The largest absolute Gasteiger partial charge is 0.468 e. The highest BCUT2D eigenvalue weighted by Gasteiger charge is 2.50. The lowest BCUT2D eigenvalue weighted by Crippen LogP contribution is -2.61. The molecule has 0 unspecified atom stereocenters. The second-order valence-electron chi connectivity index (χ2n) is 25.2. The van der Waals surface area contributed by atoms with Gasteiger partial charge in [0.25, 0.3) is 6.71 Å². The highest BCUT2D eigenvalue weighted by atomic mass is 16.3. The zero-order chi connectivity index (χ0) is 46.7. The Balaban J connectivity index is 1.30. The number of furan rings is 1. The number of hydrogen-bond acceptors (Lipinski definition) is 3. The first kappa shape index (κ1) is 43.1. The summed E-state index contributed by atoms with van der Waals surface area (Å²) in [5.41, 5.74) is 22.9. The van der Waals surface area contributed by atoms with E-state index in [0.29, 0.717) is 0 Å². The number of fused-ring (bicyclic) bond motifs is 8. The van der Waals surface area contributed by atoms with E-state index in [1.807, 2.05) is 0 Å². The molecule has 0 atom stereocenters. The van der Waals surface area contributed by atoms with Crippen molar-refractivity contribution in [2.45, 2.75) is 155 Å². The van der Waals surface area contributed by atoms with Crippen LogP contribution < -0.4 is 26.4 Å². The van der Waals surface area contributed by atoms with Crippen molar-refractivity contribution in [3.05, 3.63) is 149 Å². The van der Waals surface area contributed by atoms with Gasteiger partial charge in [0, 0.05) is 33.8 Å². The number of anilines is 6. The van der Waals surface area contributed by atoms with Crippen molar-refractivity contribution in [2.75, 3.05) is 9.80 Å². The molecular formula is C62H69BN2O. The molecule has 0 amide bonds. The van der Waals surface area contributed by atoms with Gasteiger partial charge in [-0.3, -0.25) is 0 Å². The summed E-state index contributed by atoms with van der Waals surface area (Å²) < 4.78 is 7.64. The molecular weight excluding hydrogens is 800 g/mol. The van der Waals surface area contributed by atoms with Crippen LogP contribution in [0.15, 0.2) is 120 Å². The van der Waals surface area contributed by atoms with Gasteiger partial charge in [-0.05, 0) is 168 Å². The molecule has 0 fully saturated rings. The molecule has 11 rings (SSSR count). The molecule has 66 heavy (non-hydrogen) atoms. The molecule has 0 spiro atoms. The van der Waals surface area contributed by atoms with Crippen molar-refractivity contribution >= 4 is 68.4 Å². The smallest absolute Gasteiger partial charge is 0.297 e. The van der Waals surface area contributed by atoms with Crippen LogP contribution in [0.5, 0.6) is 0 Å². The minimum absolute atomic E-state index is 0.0249. The Hall–Kier alpha value is -5.48. The van der Waals surface area contributed by atoms with Crippen molar-refractivity contribution in [1.82, 2.24) is 0 Å². The highest BCUT2D eigenvalue weighted by Crippen LogP contribution is 2.54. The Kier molecular flexibility index (Phi) is 9.17. The van der Waals surface area contributed by atoms with E-state index in [-0.39, 0.29) is 39.2 Å². The predicted molar refractivity (Wildman–Crippen MR) is 284 cm³/mol. The van der Waals surface area contributed by atoms with Gasteiger partial charge in [0.2, 0.25) is 0 Å². The number of rotatable bonds is 3. The van der Waals surface area contributed by atoms with Gasteiger partial charge in [-0.2, -0.15) is 0 Å². The summed E-state index contributed by atoms with van der Waals surface area (Å²) in [5, 5.41) is 1.20. The number of benzene rings is 6. The van der Waals surface area contributed by atoms with Crippen LogP contribution in [0.25, 0.3) is 22.1 Å². The molecule has 2 aliphatic carbocycles. The van der Waals surface area contributed by atoms with Gasteiger partial charge in [-0.1, -0.05) is 158 Å². The van der Waals surface area contributed by atoms with Gasteiger partial charge in [0.15, 0.2) is 0 Å². The van der Waals surface area contributed by atoms with E-state index in [1.54, 1.807) is 0 Å². The minimum atomic E-state index is -0.128. The first-order valence-electron chi connectivity index (χ1n) is 24.8. The maximum absolute atomic E-state index is 7.64. The molecule has 3 nitrogen and oxygen atoms in total. The fourth-order valence-corrected chi connectivity index (χ4v) is 12.2. The van der Waals surface area contributed by atoms with Crippen molar-refractivity contribution in [3.63, 3.8) is 0 Å². The third kappa shape index (κ3) is 6.51. The molecule has 0 saturated carbocycles.